The van der Waals surface area contributed by atoms with Crippen molar-refractivity contribution in [1.29, 1.82) is 0 Å². The molecule has 1 heterocycles. The molecule has 0 aliphatic heterocycles. The first-order valence-corrected chi connectivity index (χ1v) is 10.2. The number of thiazole rings is 1. The summed E-state index contributed by atoms with van der Waals surface area (Å²) in [6.07, 6.45) is 1.45. The van der Waals surface area contributed by atoms with Crippen molar-refractivity contribution in [2.24, 2.45) is 0 Å². The van der Waals surface area contributed by atoms with Crippen LogP contribution in [0.25, 0.3) is 0 Å². The Bertz CT molecular complexity index is 865. The van der Waals surface area contributed by atoms with Gasteiger partial charge in [-0.3, -0.25) is 9.69 Å². The lowest BCUT2D eigenvalue weighted by molar-refractivity contribution is -0.122. The minimum absolute atomic E-state index is 0.213. The molecule has 1 aromatic heterocycles. The minimum Gasteiger partial charge on any atom is -0.290 e. The van der Waals surface area contributed by atoms with Gasteiger partial charge in [0.15, 0.2) is 19.7 Å². The van der Waals surface area contributed by atoms with Crippen LogP contribution in [0.1, 0.15) is 30.5 Å². The van der Waals surface area contributed by atoms with Gasteiger partial charge >= 0.3 is 0 Å². The highest BCUT2D eigenvalue weighted by Gasteiger charge is 2.57. The van der Waals surface area contributed by atoms with Gasteiger partial charge in [-0.15, -0.1) is 11.3 Å². The summed E-state index contributed by atoms with van der Waals surface area (Å²) < 4.78 is 25.0. The average Bonchev–Trinajstić information content (AvgIpc) is 2.92. The molecule has 0 spiro atoms. The van der Waals surface area contributed by atoms with Crippen LogP contribution in [0, 0.1) is 13.8 Å². The number of nitrogens with zero attached hydrogens (tertiary/aromatic N) is 2. The van der Waals surface area contributed by atoms with Crippen LogP contribution in [0.3, 0.4) is 0 Å². The molecule has 1 fully saturated rings. The maximum atomic E-state index is 13.2. The number of carbonyl (C=O) groups is 1. The Morgan fingerprint density at radius 3 is 2.29 bits per heavy atom. The average molecular weight is 364 g/mol. The van der Waals surface area contributed by atoms with Crippen molar-refractivity contribution in [1.82, 2.24) is 4.98 Å². The molecule has 1 aromatic carbocycles. The van der Waals surface area contributed by atoms with E-state index in [0.29, 0.717) is 18.0 Å². The van der Waals surface area contributed by atoms with Crippen LogP contribution in [-0.2, 0) is 14.6 Å². The summed E-state index contributed by atoms with van der Waals surface area (Å²) in [5.41, 5.74) is 1.80. The topological polar surface area (TPSA) is 67.3 Å². The standard InChI is InChI=1S/C17H20N2O3S2/c1-12-5-7-14(8-6-12)24(21,22)17(9-4-10-17)15(20)19(3)16-18-13(2)11-23-16/h5-8,11H,4,9-10H2,1-3H3. The van der Waals surface area contributed by atoms with Gasteiger partial charge in [0.05, 0.1) is 10.6 Å². The van der Waals surface area contributed by atoms with E-state index in [2.05, 4.69) is 4.98 Å². The zero-order valence-electron chi connectivity index (χ0n) is 13.9. The lowest BCUT2D eigenvalue weighted by Crippen LogP contribution is -2.57. The first-order valence-electron chi connectivity index (χ1n) is 7.79. The van der Waals surface area contributed by atoms with E-state index in [1.807, 2.05) is 19.2 Å². The van der Waals surface area contributed by atoms with Crippen LogP contribution in [0.15, 0.2) is 34.5 Å². The molecule has 0 bridgehead atoms. The van der Waals surface area contributed by atoms with E-state index in [9.17, 15) is 13.2 Å². The summed E-state index contributed by atoms with van der Waals surface area (Å²) in [7, 11) is -2.14. The van der Waals surface area contributed by atoms with Gasteiger partial charge in [0.1, 0.15) is 0 Å². The summed E-state index contributed by atoms with van der Waals surface area (Å²) in [5, 5.41) is 2.38. The van der Waals surface area contributed by atoms with Crippen molar-refractivity contribution in [2.75, 3.05) is 11.9 Å². The fourth-order valence-electron chi connectivity index (χ4n) is 2.93. The van der Waals surface area contributed by atoms with Gasteiger partial charge in [-0.05, 0) is 45.2 Å². The third-order valence-electron chi connectivity index (χ3n) is 4.60. The molecule has 0 unspecified atom stereocenters. The van der Waals surface area contributed by atoms with E-state index in [4.69, 9.17) is 0 Å². The summed E-state index contributed by atoms with van der Waals surface area (Å²) >= 11 is 1.34. The number of aromatic nitrogens is 1. The van der Waals surface area contributed by atoms with E-state index in [1.165, 1.54) is 16.2 Å². The predicted octanol–water partition coefficient (Wildman–Crippen LogP) is 3.12. The van der Waals surface area contributed by atoms with Gasteiger partial charge in [-0.25, -0.2) is 13.4 Å². The summed E-state index contributed by atoms with van der Waals surface area (Å²) in [6.45, 7) is 3.75. The van der Waals surface area contributed by atoms with Crippen LogP contribution in [-0.4, -0.2) is 31.1 Å². The third kappa shape index (κ3) is 2.56. The number of anilines is 1. The first kappa shape index (κ1) is 17.1. The summed E-state index contributed by atoms with van der Waals surface area (Å²) in [5.74, 6) is -0.385. The number of amides is 1. The van der Waals surface area contributed by atoms with Crippen molar-refractivity contribution in [3.8, 4) is 0 Å². The summed E-state index contributed by atoms with van der Waals surface area (Å²) in [6, 6.07) is 6.70. The Hall–Kier alpha value is -1.73. The molecule has 1 aliphatic rings. The first-order chi connectivity index (χ1) is 11.3. The molecule has 0 N–H and O–H groups in total. The molecule has 1 amide bonds. The quantitative estimate of drug-likeness (QED) is 0.836. The Morgan fingerprint density at radius 2 is 1.83 bits per heavy atom. The second-order valence-corrected chi connectivity index (χ2v) is 9.40. The molecule has 0 atom stereocenters. The zero-order chi connectivity index (χ0) is 17.5. The molecule has 128 valence electrons. The second kappa shape index (κ2) is 5.97. The van der Waals surface area contributed by atoms with Crippen LogP contribution < -0.4 is 4.90 Å². The maximum absolute atomic E-state index is 13.2. The van der Waals surface area contributed by atoms with Gasteiger partial charge in [0.2, 0.25) is 5.91 Å². The molecular formula is C17H20N2O3S2. The number of sulfone groups is 1. The van der Waals surface area contributed by atoms with Crippen molar-refractivity contribution in [3.63, 3.8) is 0 Å². The molecule has 0 saturated heterocycles. The van der Waals surface area contributed by atoms with Crippen molar-refractivity contribution < 1.29 is 13.2 Å². The number of aryl methyl sites for hydroxylation is 2. The molecule has 24 heavy (non-hydrogen) atoms. The molecule has 1 saturated carbocycles. The van der Waals surface area contributed by atoms with Crippen molar-refractivity contribution in [2.45, 2.75) is 42.8 Å². The van der Waals surface area contributed by atoms with Gasteiger partial charge in [-0.1, -0.05) is 17.7 Å². The summed E-state index contributed by atoms with van der Waals surface area (Å²) in [4.78, 5) is 19.0. The molecule has 3 rings (SSSR count). The van der Waals surface area contributed by atoms with Crippen LogP contribution in [0.5, 0.6) is 0 Å². The van der Waals surface area contributed by atoms with Gasteiger partial charge in [-0.2, -0.15) is 0 Å². The third-order valence-corrected chi connectivity index (χ3v) is 8.13. The monoisotopic (exact) mass is 364 g/mol. The normalized spacial score (nSPS) is 16.5. The van der Waals surface area contributed by atoms with E-state index in [-0.39, 0.29) is 10.8 Å². The van der Waals surface area contributed by atoms with Gasteiger partial charge in [0.25, 0.3) is 0 Å². The van der Waals surface area contributed by atoms with Crippen molar-refractivity contribution in [3.05, 3.63) is 40.9 Å². The predicted molar refractivity (Wildman–Crippen MR) is 95.2 cm³/mol. The molecule has 2 aromatic rings. The van der Waals surface area contributed by atoms with E-state index in [1.54, 1.807) is 31.3 Å². The lowest BCUT2D eigenvalue weighted by atomic mass is 9.83. The fourth-order valence-corrected chi connectivity index (χ4v) is 5.83. The number of benzene rings is 1. The highest BCUT2D eigenvalue weighted by atomic mass is 32.2. The highest BCUT2D eigenvalue weighted by molar-refractivity contribution is 7.93. The molecule has 1 aliphatic carbocycles. The van der Waals surface area contributed by atoms with E-state index < -0.39 is 14.6 Å². The van der Waals surface area contributed by atoms with Crippen LogP contribution in [0.4, 0.5) is 5.13 Å². The largest absolute Gasteiger partial charge is 0.290 e. The highest BCUT2D eigenvalue weighted by Crippen LogP contribution is 2.44. The van der Waals surface area contributed by atoms with Crippen LogP contribution >= 0.6 is 11.3 Å². The SMILES string of the molecule is Cc1ccc(S(=O)(=O)C2(C(=O)N(C)c3nc(C)cs3)CCC2)cc1. The molecular weight excluding hydrogens is 344 g/mol. The smallest absolute Gasteiger partial charge is 0.250 e. The number of hydrogen-bond donors (Lipinski definition) is 0. The Kier molecular flexibility index (Phi) is 4.25. The number of hydrogen-bond acceptors (Lipinski definition) is 5. The maximum Gasteiger partial charge on any atom is 0.250 e. The number of carbonyl (C=O) groups excluding carboxylic acids is 1. The number of rotatable bonds is 4. The van der Waals surface area contributed by atoms with E-state index >= 15 is 0 Å². The molecule has 0 radical (unpaired) electrons. The Balaban J connectivity index is 1.99. The van der Waals surface area contributed by atoms with Crippen LogP contribution in [0.2, 0.25) is 0 Å². The fraction of sp³-hybridized carbons (Fsp3) is 0.412. The lowest BCUT2D eigenvalue weighted by Gasteiger charge is -2.41. The Labute approximate surface area is 146 Å². The van der Waals surface area contributed by atoms with Crippen molar-refractivity contribution >= 4 is 32.2 Å². The molecule has 5 nitrogen and oxygen atoms in total. The molecule has 7 heteroatoms. The van der Waals surface area contributed by atoms with Gasteiger partial charge < -0.3 is 0 Å². The van der Waals surface area contributed by atoms with E-state index in [0.717, 1.165) is 17.7 Å². The minimum atomic E-state index is -3.74. The zero-order valence-corrected chi connectivity index (χ0v) is 15.6. The van der Waals surface area contributed by atoms with Gasteiger partial charge in [0, 0.05) is 12.4 Å². The Morgan fingerprint density at radius 1 is 1.21 bits per heavy atom. The second-order valence-electron chi connectivity index (χ2n) is 6.30.